The maximum absolute atomic E-state index is 14.1. The van der Waals surface area contributed by atoms with Crippen molar-refractivity contribution in [2.24, 2.45) is 0 Å². The van der Waals surface area contributed by atoms with Crippen LogP contribution >= 0.6 is 0 Å². The van der Waals surface area contributed by atoms with Crippen molar-refractivity contribution in [2.45, 2.75) is 96.1 Å². The summed E-state index contributed by atoms with van der Waals surface area (Å²) in [5.74, 6) is -3.51. The Kier molecular flexibility index (Phi) is 21.3. The first kappa shape index (κ1) is 64.9. The van der Waals surface area contributed by atoms with E-state index in [1.54, 1.807) is 58.1 Å². The summed E-state index contributed by atoms with van der Waals surface area (Å²) in [5, 5.41) is 22.5. The molecule has 0 unspecified atom stereocenters. The molecule has 83 heavy (non-hydrogen) atoms. The van der Waals surface area contributed by atoms with Crippen LogP contribution in [0.4, 0.5) is 65.7 Å². The van der Waals surface area contributed by atoms with Crippen LogP contribution in [0.5, 0.6) is 11.5 Å². The van der Waals surface area contributed by atoms with Crippen molar-refractivity contribution in [2.75, 3.05) is 48.8 Å². The van der Waals surface area contributed by atoms with E-state index in [1.165, 1.54) is 65.3 Å². The fourth-order valence-corrected chi connectivity index (χ4v) is 7.31. The van der Waals surface area contributed by atoms with E-state index in [-0.39, 0.29) is 48.1 Å². The summed E-state index contributed by atoms with van der Waals surface area (Å²) in [6.45, 7) is 5.06. The summed E-state index contributed by atoms with van der Waals surface area (Å²) in [6, 6.07) is 15.0. The lowest BCUT2D eigenvalue weighted by Gasteiger charge is -2.26. The molecule has 4 amide bonds. The number of aromatic hydroxyl groups is 1. The molecule has 0 spiro atoms. The number of phenols is 1. The van der Waals surface area contributed by atoms with Crippen molar-refractivity contribution >= 4 is 41.1 Å². The van der Waals surface area contributed by atoms with Crippen molar-refractivity contribution in [3.63, 3.8) is 0 Å². The van der Waals surface area contributed by atoms with Crippen molar-refractivity contribution < 1.29 is 84.4 Å². The number of nitrogens with zero attached hydrogens (tertiary/aromatic N) is 7. The number of halogens is 11. The fourth-order valence-electron chi connectivity index (χ4n) is 7.31. The molecule has 31 heteroatoms. The molecule has 0 radical (unpaired) electrons. The maximum atomic E-state index is 14.1. The zero-order valence-electron chi connectivity index (χ0n) is 45.3. The van der Waals surface area contributed by atoms with Gasteiger partial charge >= 0.3 is 18.5 Å². The lowest BCUT2D eigenvalue weighted by atomic mass is 10.0. The van der Waals surface area contributed by atoms with Crippen molar-refractivity contribution in [3.05, 3.63) is 103 Å². The van der Waals surface area contributed by atoms with Gasteiger partial charge in [-0.25, -0.2) is 38.7 Å². The number of rotatable bonds is 17. The van der Waals surface area contributed by atoms with Gasteiger partial charge in [0.1, 0.15) is 59.8 Å². The summed E-state index contributed by atoms with van der Waals surface area (Å²) in [5.41, 5.74) is -1.12. The third kappa shape index (κ3) is 19.9. The minimum Gasteiger partial charge on any atom is -0.508 e. The van der Waals surface area contributed by atoms with Crippen LogP contribution in [0.2, 0.25) is 0 Å². The minimum absolute atomic E-state index is 0. The molecule has 4 aromatic heterocycles. The van der Waals surface area contributed by atoms with E-state index in [0.717, 1.165) is 12.4 Å². The van der Waals surface area contributed by atoms with Crippen LogP contribution in [0, 0.1) is 11.6 Å². The molecule has 0 bridgehead atoms. The van der Waals surface area contributed by atoms with Gasteiger partial charge in [0.25, 0.3) is 5.91 Å². The Balaban J connectivity index is 0.00000126. The number of amides is 4. The highest BCUT2D eigenvalue weighted by Crippen LogP contribution is 2.29. The summed E-state index contributed by atoms with van der Waals surface area (Å²) in [7, 11) is 1.51. The maximum Gasteiger partial charge on any atom is 0.405 e. The average molecular weight is 1190 g/mol. The monoisotopic (exact) mass is 1190 g/mol. The molecule has 7 rings (SSSR count). The second-order valence-electron chi connectivity index (χ2n) is 19.5. The Morgan fingerprint density at radius 1 is 0.687 bits per heavy atom. The Hall–Kier alpha value is -8.93. The Labute approximate surface area is 474 Å². The molecule has 1 aliphatic rings. The molecule has 0 aliphatic carbocycles. The predicted molar refractivity (Wildman–Crippen MR) is 291 cm³/mol. The predicted octanol–water partition coefficient (Wildman–Crippen LogP) is 9.50. The number of carbonyl (C=O) groups excluding carboxylic acids is 4. The Morgan fingerprint density at radius 3 is 1.63 bits per heavy atom. The molecule has 1 saturated heterocycles. The number of benzene rings is 2. The Morgan fingerprint density at radius 2 is 1.16 bits per heavy atom. The molecule has 5 heterocycles. The number of hydrogen-bond acceptors (Lipinski definition) is 15. The van der Waals surface area contributed by atoms with E-state index in [1.807, 2.05) is 19.2 Å². The first-order chi connectivity index (χ1) is 38.6. The van der Waals surface area contributed by atoms with Gasteiger partial charge in [-0.15, -0.1) is 0 Å². The van der Waals surface area contributed by atoms with Gasteiger partial charge in [-0.05, 0) is 115 Å². The third-order valence-electron chi connectivity index (χ3n) is 11.4. The molecule has 8 N–H and O–H groups in total. The lowest BCUT2D eigenvalue weighted by molar-refractivity contribution is -0.140. The highest BCUT2D eigenvalue weighted by molar-refractivity contribution is 5.94. The van der Waals surface area contributed by atoms with Gasteiger partial charge < -0.3 is 51.6 Å². The van der Waals surface area contributed by atoms with Crippen LogP contribution in [-0.2, 0) is 14.4 Å². The second-order valence-corrected chi connectivity index (χ2v) is 19.5. The number of aromatic amines is 1. The SMILES string of the molecule is CC(C)(Nc1nc(-c2ccc(O)cc2)ncc1F)C(=O)NCC(F)(F)F.CC(C)NC(=O)c1cc(-c2nccc(N3CCC[C@@H]3C(=O)NCC(F)(F)F)n2)c[nH]1.COc1ccc(-c2ncc(F)c(NC(C)(C)C(=O)NCC(F)(F)F)n2)cc1.[HH].[HH].[HH].[HH].[HH]. The molecule has 1 aliphatic heterocycles. The van der Waals surface area contributed by atoms with E-state index < -0.39 is 84.6 Å². The highest BCUT2D eigenvalue weighted by atomic mass is 19.4. The van der Waals surface area contributed by atoms with Gasteiger partial charge in [0.2, 0.25) is 17.7 Å². The number of carbonyl (C=O) groups is 4. The first-order valence-corrected chi connectivity index (χ1v) is 24.8. The normalized spacial score (nSPS) is 13.6. The zero-order valence-corrected chi connectivity index (χ0v) is 45.3. The van der Waals surface area contributed by atoms with Crippen molar-refractivity contribution in [3.8, 4) is 45.7 Å². The summed E-state index contributed by atoms with van der Waals surface area (Å²) in [4.78, 5) is 77.3. The number of anilines is 3. The molecule has 6 aromatic rings. The van der Waals surface area contributed by atoms with Gasteiger partial charge in [-0.3, -0.25) is 19.2 Å². The second kappa shape index (κ2) is 27.2. The van der Waals surface area contributed by atoms with Crippen LogP contribution in [-0.4, -0.2) is 139 Å². The van der Waals surface area contributed by atoms with Gasteiger partial charge in [0.15, 0.2) is 40.7 Å². The van der Waals surface area contributed by atoms with Crippen molar-refractivity contribution in [1.82, 2.24) is 56.2 Å². The minimum atomic E-state index is -4.56. The Bertz CT molecular complexity index is 3200. The van der Waals surface area contributed by atoms with Crippen LogP contribution in [0.25, 0.3) is 34.2 Å². The molecule has 0 saturated carbocycles. The highest BCUT2D eigenvalue weighted by Gasteiger charge is 2.37. The van der Waals surface area contributed by atoms with Crippen LogP contribution in [0.3, 0.4) is 0 Å². The molecule has 1 atom stereocenters. The number of ether oxygens (including phenoxy) is 1. The number of H-pyrrole nitrogens is 1. The smallest absolute Gasteiger partial charge is 0.405 e. The van der Waals surface area contributed by atoms with E-state index in [2.05, 4.69) is 50.8 Å². The third-order valence-corrected chi connectivity index (χ3v) is 11.4. The van der Waals surface area contributed by atoms with Gasteiger partial charge in [-0.1, -0.05) is 0 Å². The zero-order chi connectivity index (χ0) is 61.7. The first-order valence-electron chi connectivity index (χ1n) is 24.8. The number of aromatic nitrogens is 7. The lowest BCUT2D eigenvalue weighted by Crippen LogP contribution is -2.50. The van der Waals surface area contributed by atoms with E-state index in [0.29, 0.717) is 59.2 Å². The largest absolute Gasteiger partial charge is 0.508 e. The van der Waals surface area contributed by atoms with Gasteiger partial charge in [0, 0.05) is 48.8 Å². The van der Waals surface area contributed by atoms with Crippen LogP contribution in [0.1, 0.15) is 72.0 Å². The van der Waals surface area contributed by atoms with E-state index in [9.17, 15) is 72.6 Å². The van der Waals surface area contributed by atoms with Crippen LogP contribution in [0.15, 0.2) is 85.5 Å². The van der Waals surface area contributed by atoms with Crippen LogP contribution < -0.4 is 41.5 Å². The molecule has 20 nitrogen and oxygen atoms in total. The van der Waals surface area contributed by atoms with Gasteiger partial charge in [0.05, 0.1) is 19.5 Å². The molecule has 458 valence electrons. The topological polar surface area (TPSA) is 266 Å². The summed E-state index contributed by atoms with van der Waals surface area (Å²) in [6.07, 6.45) is -7.56. The average Bonchev–Trinajstić information content (AvgIpc) is 4.01. The van der Waals surface area contributed by atoms with Crippen molar-refractivity contribution in [1.29, 1.82) is 0 Å². The number of phenolic OH excluding ortho intramolecular Hbond substituents is 1. The quantitative estimate of drug-likeness (QED) is 0.0395. The molecular weight excluding hydrogens is 1130 g/mol. The summed E-state index contributed by atoms with van der Waals surface area (Å²) < 4.78 is 144. The number of hydrogen-bond donors (Lipinski definition) is 8. The molecule has 2 aromatic carbocycles. The standard InChI is InChI=1S/C19H23F3N6O2.C17H18F4N4O2.C16H16F4N4O2.5H2/c1-11(2)26-17(29)13-8-12(9-24-13)16-23-6-5-15(27-16)28-7-3-4-14(28)18(30)25-10-19(20,21)22;1-16(2,15(26)23-9-17(19,20)21)25-14-12(18)8-22-13(24-14)10-4-6-11(27-3)7-5-10;1-15(2,14(26)22-8-16(18,19)20)24-13-11(17)7-21-12(23-13)9-3-5-10(25)6-4-9;;;;;/h5-6,8-9,11,14,24H,3-4,7,10H2,1-2H3,(H,25,30)(H,26,29);4-8H,9H2,1-3H3,(H,23,26)(H,22,24,25);3-7,25H,8H2,1-2H3,(H,22,26)(H,21,23,24);5*1H/t14-;;;;;;;/m1......./s1. The molecular formula is C52H67F11N14O6. The van der Waals surface area contributed by atoms with E-state index >= 15 is 0 Å². The van der Waals surface area contributed by atoms with E-state index in [4.69, 9.17) is 4.74 Å². The number of alkyl halides is 9. The van der Waals surface area contributed by atoms with Gasteiger partial charge in [-0.2, -0.15) is 39.5 Å². The molecule has 1 fully saturated rings. The number of methoxy groups -OCH3 is 1. The number of nitrogens with one attached hydrogen (secondary N) is 7. The summed E-state index contributed by atoms with van der Waals surface area (Å²) >= 11 is 0. The fraction of sp³-hybridized carbons (Fsp3) is 0.385.